The molecular formula is C11H15ClN2. The smallest absolute Gasteiger partial charge is 0.0589 e. The molecule has 0 saturated heterocycles. The summed E-state index contributed by atoms with van der Waals surface area (Å²) < 4.78 is 0. The third-order valence-corrected chi connectivity index (χ3v) is 3.62. The number of nitrogens with zero attached hydrogens (tertiary/aromatic N) is 1. The monoisotopic (exact) mass is 210 g/mol. The van der Waals surface area contributed by atoms with Gasteiger partial charge >= 0.3 is 0 Å². The molecule has 3 heteroatoms. The molecule has 1 aromatic rings. The van der Waals surface area contributed by atoms with Crippen molar-refractivity contribution < 1.29 is 0 Å². The fourth-order valence-corrected chi connectivity index (χ4v) is 1.87. The second-order valence-corrected chi connectivity index (χ2v) is 5.08. The van der Waals surface area contributed by atoms with Gasteiger partial charge in [-0.05, 0) is 25.0 Å². The largest absolute Gasteiger partial charge is 0.324 e. The van der Waals surface area contributed by atoms with E-state index in [-0.39, 0.29) is 11.0 Å². The molecule has 1 heterocycles. The van der Waals surface area contributed by atoms with Gasteiger partial charge in [-0.15, -0.1) is 0 Å². The number of pyridine rings is 1. The van der Waals surface area contributed by atoms with Crippen molar-refractivity contribution in [2.24, 2.45) is 5.73 Å². The first-order valence-corrected chi connectivity index (χ1v) is 5.24. The predicted molar refractivity (Wildman–Crippen MR) is 58.4 cm³/mol. The van der Waals surface area contributed by atoms with Gasteiger partial charge in [0.2, 0.25) is 0 Å². The summed E-state index contributed by atoms with van der Waals surface area (Å²) in [7, 11) is 0. The summed E-state index contributed by atoms with van der Waals surface area (Å²) in [4.78, 5) is 4.34. The van der Waals surface area contributed by atoms with Crippen molar-refractivity contribution in [2.75, 3.05) is 0 Å². The number of hydrogen-bond donors (Lipinski definition) is 1. The van der Waals surface area contributed by atoms with E-state index in [0.717, 1.165) is 18.5 Å². The number of hydrogen-bond acceptors (Lipinski definition) is 2. The van der Waals surface area contributed by atoms with E-state index in [9.17, 15) is 0 Å². The summed E-state index contributed by atoms with van der Waals surface area (Å²) in [6.07, 6.45) is 3.86. The van der Waals surface area contributed by atoms with Crippen LogP contribution in [0.15, 0.2) is 18.3 Å². The SMILES string of the molecule is CC(C)(c1ccc(Cl)cn1)C1(N)CC1. The van der Waals surface area contributed by atoms with Gasteiger partial charge in [-0.3, -0.25) is 4.98 Å². The lowest BCUT2D eigenvalue weighted by Crippen LogP contribution is -2.43. The van der Waals surface area contributed by atoms with E-state index >= 15 is 0 Å². The molecule has 0 aliphatic heterocycles. The number of aromatic nitrogens is 1. The molecule has 0 unspecified atom stereocenters. The summed E-state index contributed by atoms with van der Waals surface area (Å²) in [5, 5.41) is 0.673. The summed E-state index contributed by atoms with van der Waals surface area (Å²) in [5.41, 5.74) is 7.13. The van der Waals surface area contributed by atoms with E-state index in [1.165, 1.54) is 0 Å². The molecule has 14 heavy (non-hydrogen) atoms. The normalized spacial score (nSPS) is 19.4. The standard InChI is InChI=1S/C11H15ClN2/c1-10(2,11(13)5-6-11)9-4-3-8(12)7-14-9/h3-4,7H,5-6,13H2,1-2H3. The van der Waals surface area contributed by atoms with E-state index in [1.807, 2.05) is 12.1 Å². The highest BCUT2D eigenvalue weighted by Crippen LogP contribution is 2.48. The Hall–Kier alpha value is -0.600. The first-order valence-electron chi connectivity index (χ1n) is 4.87. The van der Waals surface area contributed by atoms with E-state index in [0.29, 0.717) is 5.02 Å². The second kappa shape index (κ2) is 2.94. The van der Waals surface area contributed by atoms with Gasteiger partial charge in [0.25, 0.3) is 0 Å². The molecule has 1 fully saturated rings. The topological polar surface area (TPSA) is 38.9 Å². The quantitative estimate of drug-likeness (QED) is 0.815. The third kappa shape index (κ3) is 1.43. The Morgan fingerprint density at radius 3 is 2.50 bits per heavy atom. The molecule has 2 rings (SSSR count). The average Bonchev–Trinajstić information content (AvgIpc) is 2.86. The van der Waals surface area contributed by atoms with Crippen LogP contribution in [-0.2, 0) is 5.41 Å². The Morgan fingerprint density at radius 1 is 1.43 bits per heavy atom. The highest BCUT2D eigenvalue weighted by Gasteiger charge is 2.52. The zero-order valence-corrected chi connectivity index (χ0v) is 9.30. The molecule has 1 aliphatic carbocycles. The summed E-state index contributed by atoms with van der Waals surface area (Å²) in [6, 6.07) is 3.84. The maximum absolute atomic E-state index is 6.22. The van der Waals surface area contributed by atoms with E-state index in [2.05, 4.69) is 18.8 Å². The first kappa shape index (κ1) is 9.94. The first-order chi connectivity index (χ1) is 6.46. The lowest BCUT2D eigenvalue weighted by atomic mass is 9.79. The second-order valence-electron chi connectivity index (χ2n) is 4.64. The maximum atomic E-state index is 6.22. The lowest BCUT2D eigenvalue weighted by Gasteiger charge is -2.31. The van der Waals surface area contributed by atoms with Gasteiger partial charge < -0.3 is 5.73 Å². The highest BCUT2D eigenvalue weighted by molar-refractivity contribution is 6.30. The highest BCUT2D eigenvalue weighted by atomic mass is 35.5. The lowest BCUT2D eigenvalue weighted by molar-refractivity contribution is 0.381. The minimum absolute atomic E-state index is 0.0579. The van der Waals surface area contributed by atoms with Crippen molar-refractivity contribution in [2.45, 2.75) is 37.6 Å². The Kier molecular flexibility index (Phi) is 2.09. The van der Waals surface area contributed by atoms with E-state index in [4.69, 9.17) is 17.3 Å². The number of nitrogens with two attached hydrogens (primary N) is 1. The molecule has 2 N–H and O–H groups in total. The van der Waals surface area contributed by atoms with Crippen molar-refractivity contribution >= 4 is 11.6 Å². The minimum Gasteiger partial charge on any atom is -0.324 e. The van der Waals surface area contributed by atoms with Crippen LogP contribution in [0.2, 0.25) is 5.02 Å². The molecule has 1 aromatic heterocycles. The molecule has 0 radical (unpaired) electrons. The molecule has 76 valence electrons. The Balaban J connectivity index is 2.34. The molecule has 0 spiro atoms. The Labute approximate surface area is 89.5 Å². The molecule has 0 atom stereocenters. The average molecular weight is 211 g/mol. The van der Waals surface area contributed by atoms with Crippen LogP contribution in [-0.4, -0.2) is 10.5 Å². The van der Waals surface area contributed by atoms with E-state index < -0.39 is 0 Å². The van der Waals surface area contributed by atoms with Crippen LogP contribution in [0.4, 0.5) is 0 Å². The van der Waals surface area contributed by atoms with Crippen molar-refractivity contribution in [1.82, 2.24) is 4.98 Å². The van der Waals surface area contributed by atoms with Gasteiger partial charge in [0, 0.05) is 22.8 Å². The van der Waals surface area contributed by atoms with Crippen molar-refractivity contribution in [3.63, 3.8) is 0 Å². The van der Waals surface area contributed by atoms with Gasteiger partial charge in [-0.25, -0.2) is 0 Å². The van der Waals surface area contributed by atoms with Crippen LogP contribution in [0.5, 0.6) is 0 Å². The molecule has 2 nitrogen and oxygen atoms in total. The van der Waals surface area contributed by atoms with Crippen molar-refractivity contribution in [3.05, 3.63) is 29.0 Å². The van der Waals surface area contributed by atoms with E-state index in [1.54, 1.807) is 6.20 Å². The Morgan fingerprint density at radius 2 is 2.07 bits per heavy atom. The zero-order valence-electron chi connectivity index (χ0n) is 8.55. The fraction of sp³-hybridized carbons (Fsp3) is 0.545. The minimum atomic E-state index is -0.0617. The van der Waals surface area contributed by atoms with Crippen LogP contribution in [0.25, 0.3) is 0 Å². The molecule has 0 amide bonds. The maximum Gasteiger partial charge on any atom is 0.0589 e. The summed E-state index contributed by atoms with van der Waals surface area (Å²) >= 11 is 5.80. The van der Waals surface area contributed by atoms with Crippen LogP contribution in [0.1, 0.15) is 32.4 Å². The molecule has 1 saturated carbocycles. The van der Waals surface area contributed by atoms with Gasteiger partial charge in [-0.2, -0.15) is 0 Å². The van der Waals surface area contributed by atoms with Crippen molar-refractivity contribution in [3.8, 4) is 0 Å². The van der Waals surface area contributed by atoms with Crippen LogP contribution in [0.3, 0.4) is 0 Å². The van der Waals surface area contributed by atoms with Gasteiger partial charge in [0.05, 0.1) is 5.02 Å². The fourth-order valence-electron chi connectivity index (χ4n) is 1.76. The van der Waals surface area contributed by atoms with Crippen LogP contribution in [0, 0.1) is 0 Å². The zero-order chi connectivity index (χ0) is 10.4. The summed E-state index contributed by atoms with van der Waals surface area (Å²) in [5.74, 6) is 0. The third-order valence-electron chi connectivity index (χ3n) is 3.40. The number of rotatable bonds is 2. The van der Waals surface area contributed by atoms with Gasteiger partial charge in [0.15, 0.2) is 0 Å². The summed E-state index contributed by atoms with van der Waals surface area (Å²) in [6.45, 7) is 4.30. The number of halogens is 1. The molecule has 0 aromatic carbocycles. The Bertz CT molecular complexity index is 339. The predicted octanol–water partition coefficient (Wildman–Crippen LogP) is 2.50. The van der Waals surface area contributed by atoms with Crippen molar-refractivity contribution in [1.29, 1.82) is 0 Å². The molecule has 0 bridgehead atoms. The molecule has 1 aliphatic rings. The van der Waals surface area contributed by atoms with Gasteiger partial charge in [0.1, 0.15) is 0 Å². The van der Waals surface area contributed by atoms with Crippen LogP contribution < -0.4 is 5.73 Å². The molecular weight excluding hydrogens is 196 g/mol. The van der Waals surface area contributed by atoms with Gasteiger partial charge in [-0.1, -0.05) is 25.4 Å². The van der Waals surface area contributed by atoms with Crippen LogP contribution >= 0.6 is 11.6 Å².